The fraction of sp³-hybridized carbons (Fsp3) is 0.278. The highest BCUT2D eigenvalue weighted by molar-refractivity contribution is 9.10. The molecule has 1 amide bonds. The Balaban J connectivity index is 1.87. The number of rotatable bonds is 6. The molecule has 0 unspecified atom stereocenters. The number of carbonyl (C=O) groups is 1. The van der Waals surface area contributed by atoms with Crippen molar-refractivity contribution in [1.29, 1.82) is 0 Å². The van der Waals surface area contributed by atoms with Gasteiger partial charge >= 0.3 is 0 Å². The summed E-state index contributed by atoms with van der Waals surface area (Å²) in [5.41, 5.74) is 0.182. The lowest BCUT2D eigenvalue weighted by atomic mass is 9.84. The van der Waals surface area contributed by atoms with Crippen LogP contribution in [-0.4, -0.2) is 19.1 Å². The molecule has 0 aliphatic heterocycles. The quantitative estimate of drug-likeness (QED) is 0.741. The van der Waals surface area contributed by atoms with E-state index in [1.807, 2.05) is 38.1 Å². The van der Waals surface area contributed by atoms with Gasteiger partial charge in [0.15, 0.2) is 11.6 Å². The van der Waals surface area contributed by atoms with Crippen LogP contribution in [-0.2, 0) is 10.2 Å². The molecule has 6 heteroatoms. The van der Waals surface area contributed by atoms with Crippen LogP contribution in [0.15, 0.2) is 46.9 Å². The molecule has 0 spiro atoms. The number of ether oxygens (including phenoxy) is 1. The summed E-state index contributed by atoms with van der Waals surface area (Å²) in [5.74, 6) is -1.82. The summed E-state index contributed by atoms with van der Waals surface area (Å²) in [7, 11) is 0. The summed E-state index contributed by atoms with van der Waals surface area (Å²) >= 11 is 3.40. The number of hydrogen-bond donors (Lipinski definition) is 1. The third kappa shape index (κ3) is 4.54. The second kappa shape index (κ2) is 7.75. The first kappa shape index (κ1) is 18.4. The summed E-state index contributed by atoms with van der Waals surface area (Å²) in [6.07, 6.45) is 0. The topological polar surface area (TPSA) is 38.3 Å². The summed E-state index contributed by atoms with van der Waals surface area (Å²) in [5, 5.41) is 2.79. The normalized spacial score (nSPS) is 11.2. The molecule has 0 bridgehead atoms. The fourth-order valence-electron chi connectivity index (χ4n) is 2.13. The van der Waals surface area contributed by atoms with Crippen molar-refractivity contribution in [1.82, 2.24) is 5.32 Å². The first-order chi connectivity index (χ1) is 11.3. The van der Waals surface area contributed by atoms with Gasteiger partial charge in [-0.15, -0.1) is 0 Å². The Morgan fingerprint density at radius 2 is 1.92 bits per heavy atom. The van der Waals surface area contributed by atoms with E-state index in [0.29, 0.717) is 0 Å². The Morgan fingerprint density at radius 3 is 2.58 bits per heavy atom. The van der Waals surface area contributed by atoms with E-state index in [-0.39, 0.29) is 24.8 Å². The molecule has 24 heavy (non-hydrogen) atoms. The highest BCUT2D eigenvalue weighted by Gasteiger charge is 2.29. The predicted octanol–water partition coefficient (Wildman–Crippen LogP) is 4.20. The van der Waals surface area contributed by atoms with E-state index in [1.54, 1.807) is 0 Å². The second-order valence-electron chi connectivity index (χ2n) is 5.82. The molecule has 0 saturated carbocycles. The number of carbonyl (C=O) groups excluding carboxylic acids is 1. The van der Waals surface area contributed by atoms with Gasteiger partial charge in [-0.1, -0.05) is 28.1 Å². The summed E-state index contributed by atoms with van der Waals surface area (Å²) in [6.45, 7) is 4.08. The van der Waals surface area contributed by atoms with E-state index < -0.39 is 17.0 Å². The standard InChI is InChI=1S/C18H18BrF2NO2/c1-18(2,12-4-3-5-13(19)10-12)17(23)22-8-9-24-14-6-7-15(20)16(21)11-14/h3-7,10-11H,8-9H2,1-2H3,(H,22,23). The Labute approximate surface area is 148 Å². The molecule has 2 aromatic rings. The molecular formula is C18H18BrF2NO2. The predicted molar refractivity (Wildman–Crippen MR) is 92.0 cm³/mol. The van der Waals surface area contributed by atoms with E-state index in [0.717, 1.165) is 22.2 Å². The zero-order chi connectivity index (χ0) is 17.7. The van der Waals surface area contributed by atoms with Crippen LogP contribution >= 0.6 is 15.9 Å². The van der Waals surface area contributed by atoms with Crippen molar-refractivity contribution < 1.29 is 18.3 Å². The van der Waals surface area contributed by atoms with Crippen molar-refractivity contribution in [2.45, 2.75) is 19.3 Å². The van der Waals surface area contributed by atoms with Crippen LogP contribution in [0.5, 0.6) is 5.75 Å². The van der Waals surface area contributed by atoms with Gasteiger partial charge in [-0.05, 0) is 43.7 Å². The SMILES string of the molecule is CC(C)(C(=O)NCCOc1ccc(F)c(F)c1)c1cccc(Br)c1. The molecule has 0 aliphatic carbocycles. The van der Waals surface area contributed by atoms with E-state index in [4.69, 9.17) is 4.74 Å². The maximum atomic E-state index is 13.1. The molecule has 0 aliphatic rings. The molecule has 0 radical (unpaired) electrons. The van der Waals surface area contributed by atoms with Crippen LogP contribution < -0.4 is 10.1 Å². The van der Waals surface area contributed by atoms with Gasteiger partial charge in [-0.3, -0.25) is 4.79 Å². The largest absolute Gasteiger partial charge is 0.492 e. The molecule has 3 nitrogen and oxygen atoms in total. The average Bonchev–Trinajstić information content (AvgIpc) is 2.54. The van der Waals surface area contributed by atoms with Gasteiger partial charge in [-0.25, -0.2) is 8.78 Å². The average molecular weight is 398 g/mol. The lowest BCUT2D eigenvalue weighted by Gasteiger charge is -2.24. The highest BCUT2D eigenvalue weighted by Crippen LogP contribution is 2.26. The maximum absolute atomic E-state index is 13.1. The minimum Gasteiger partial charge on any atom is -0.492 e. The Hall–Kier alpha value is -1.95. The van der Waals surface area contributed by atoms with Crippen LogP contribution in [0.2, 0.25) is 0 Å². The van der Waals surface area contributed by atoms with Crippen molar-refractivity contribution in [3.63, 3.8) is 0 Å². The van der Waals surface area contributed by atoms with E-state index >= 15 is 0 Å². The first-order valence-corrected chi connectivity index (χ1v) is 8.22. The van der Waals surface area contributed by atoms with Crippen LogP contribution in [0.25, 0.3) is 0 Å². The van der Waals surface area contributed by atoms with Crippen LogP contribution in [0, 0.1) is 11.6 Å². The van der Waals surface area contributed by atoms with Gasteiger partial charge < -0.3 is 10.1 Å². The lowest BCUT2D eigenvalue weighted by Crippen LogP contribution is -2.41. The van der Waals surface area contributed by atoms with Gasteiger partial charge in [0.05, 0.1) is 12.0 Å². The molecule has 0 aromatic heterocycles. The van der Waals surface area contributed by atoms with Crippen molar-refractivity contribution in [3.05, 3.63) is 64.1 Å². The summed E-state index contributed by atoms with van der Waals surface area (Å²) in [6, 6.07) is 10.9. The molecule has 2 rings (SSSR count). The van der Waals surface area contributed by atoms with Crippen molar-refractivity contribution >= 4 is 21.8 Å². The third-order valence-electron chi connectivity index (χ3n) is 3.66. The number of benzene rings is 2. The number of hydrogen-bond acceptors (Lipinski definition) is 2. The number of nitrogens with one attached hydrogen (secondary N) is 1. The van der Waals surface area contributed by atoms with Crippen molar-refractivity contribution in [3.8, 4) is 5.75 Å². The zero-order valence-electron chi connectivity index (χ0n) is 13.4. The zero-order valence-corrected chi connectivity index (χ0v) is 15.0. The Morgan fingerprint density at radius 1 is 1.17 bits per heavy atom. The molecule has 0 fully saturated rings. The molecule has 2 aromatic carbocycles. The van der Waals surface area contributed by atoms with Crippen LogP contribution in [0.4, 0.5) is 8.78 Å². The fourth-order valence-corrected chi connectivity index (χ4v) is 2.53. The van der Waals surface area contributed by atoms with Gasteiger partial charge in [0.1, 0.15) is 12.4 Å². The molecule has 0 saturated heterocycles. The monoisotopic (exact) mass is 397 g/mol. The maximum Gasteiger partial charge on any atom is 0.230 e. The molecule has 1 N–H and O–H groups in total. The summed E-state index contributed by atoms with van der Waals surface area (Å²) < 4.78 is 32.1. The molecular weight excluding hydrogens is 380 g/mol. The third-order valence-corrected chi connectivity index (χ3v) is 4.15. The number of amides is 1. The molecule has 128 valence electrons. The van der Waals surface area contributed by atoms with Gasteiger partial charge in [0, 0.05) is 10.5 Å². The van der Waals surface area contributed by atoms with Crippen LogP contribution in [0.1, 0.15) is 19.4 Å². The summed E-state index contributed by atoms with van der Waals surface area (Å²) in [4.78, 5) is 12.4. The van der Waals surface area contributed by atoms with E-state index in [9.17, 15) is 13.6 Å². The van der Waals surface area contributed by atoms with Crippen molar-refractivity contribution in [2.24, 2.45) is 0 Å². The Kier molecular flexibility index (Phi) is 5.94. The second-order valence-corrected chi connectivity index (χ2v) is 6.73. The van der Waals surface area contributed by atoms with E-state index in [2.05, 4.69) is 21.2 Å². The van der Waals surface area contributed by atoms with Gasteiger partial charge in [-0.2, -0.15) is 0 Å². The van der Waals surface area contributed by atoms with Crippen LogP contribution in [0.3, 0.4) is 0 Å². The van der Waals surface area contributed by atoms with E-state index in [1.165, 1.54) is 6.07 Å². The van der Waals surface area contributed by atoms with Gasteiger partial charge in [0.2, 0.25) is 5.91 Å². The van der Waals surface area contributed by atoms with Gasteiger partial charge in [0.25, 0.3) is 0 Å². The minimum atomic E-state index is -0.965. The smallest absolute Gasteiger partial charge is 0.230 e. The molecule has 0 heterocycles. The molecule has 0 atom stereocenters. The number of halogens is 3. The minimum absolute atomic E-state index is 0.144. The Bertz CT molecular complexity index is 735. The van der Waals surface area contributed by atoms with Crippen molar-refractivity contribution in [2.75, 3.05) is 13.2 Å². The highest BCUT2D eigenvalue weighted by atomic mass is 79.9. The lowest BCUT2D eigenvalue weighted by molar-refractivity contribution is -0.125. The first-order valence-electron chi connectivity index (χ1n) is 7.43.